The Morgan fingerprint density at radius 3 is 1.75 bits per heavy atom. The summed E-state index contributed by atoms with van der Waals surface area (Å²) >= 11 is 0. The van der Waals surface area contributed by atoms with Crippen molar-refractivity contribution in [2.75, 3.05) is 13.2 Å². The van der Waals surface area contributed by atoms with Gasteiger partial charge in [0.05, 0.1) is 25.0 Å². The lowest BCUT2D eigenvalue weighted by Crippen LogP contribution is -2.30. The lowest BCUT2D eigenvalue weighted by molar-refractivity contribution is -0.151. The standard InChI is InChI=1S/C22H34O6/c1-15(2)21(25)27-13-3-4-14-28-22(26)19-11-7-17(8-12-19)16-5-9-18(10-6-16)20(23)24/h16-19H,1,3-14H2,2H3,(H,23,24). The Balaban J connectivity index is 1.56. The van der Waals surface area contributed by atoms with Gasteiger partial charge in [0.15, 0.2) is 0 Å². The fourth-order valence-electron chi connectivity index (χ4n) is 4.45. The molecule has 2 fully saturated rings. The van der Waals surface area contributed by atoms with Crippen LogP contribution >= 0.6 is 0 Å². The molecule has 0 heterocycles. The first-order valence-electron chi connectivity index (χ1n) is 10.6. The van der Waals surface area contributed by atoms with E-state index >= 15 is 0 Å². The van der Waals surface area contributed by atoms with Crippen molar-refractivity contribution in [1.82, 2.24) is 0 Å². The predicted octanol–water partition coefficient (Wildman–Crippen LogP) is 4.13. The lowest BCUT2D eigenvalue weighted by Gasteiger charge is -2.36. The van der Waals surface area contributed by atoms with Gasteiger partial charge in [-0.25, -0.2) is 4.79 Å². The van der Waals surface area contributed by atoms with Crippen molar-refractivity contribution in [1.29, 1.82) is 0 Å². The third-order valence-electron chi connectivity index (χ3n) is 6.26. The maximum Gasteiger partial charge on any atom is 0.333 e. The van der Waals surface area contributed by atoms with E-state index in [-0.39, 0.29) is 23.8 Å². The lowest BCUT2D eigenvalue weighted by atomic mass is 9.69. The molecule has 0 atom stereocenters. The molecule has 0 radical (unpaired) electrons. The molecule has 1 N–H and O–H groups in total. The topological polar surface area (TPSA) is 89.9 Å². The largest absolute Gasteiger partial charge is 0.481 e. The van der Waals surface area contributed by atoms with Crippen LogP contribution in [0.4, 0.5) is 0 Å². The van der Waals surface area contributed by atoms with E-state index in [0.717, 1.165) is 51.4 Å². The fraction of sp³-hybridized carbons (Fsp3) is 0.773. The van der Waals surface area contributed by atoms with E-state index in [2.05, 4.69) is 6.58 Å². The Labute approximate surface area is 167 Å². The van der Waals surface area contributed by atoms with Crippen molar-refractivity contribution in [3.63, 3.8) is 0 Å². The SMILES string of the molecule is C=C(C)C(=O)OCCCCOC(=O)C1CCC(C2CCC(C(=O)O)CC2)CC1. The van der Waals surface area contributed by atoms with Gasteiger partial charge in [0.1, 0.15) is 0 Å². The van der Waals surface area contributed by atoms with Crippen LogP contribution in [0.3, 0.4) is 0 Å². The van der Waals surface area contributed by atoms with Crippen LogP contribution < -0.4 is 0 Å². The van der Waals surface area contributed by atoms with Crippen LogP contribution in [0.2, 0.25) is 0 Å². The third kappa shape index (κ3) is 6.95. The van der Waals surface area contributed by atoms with Crippen LogP contribution in [-0.2, 0) is 23.9 Å². The van der Waals surface area contributed by atoms with Crippen molar-refractivity contribution in [2.24, 2.45) is 23.7 Å². The van der Waals surface area contributed by atoms with Gasteiger partial charge in [-0.15, -0.1) is 0 Å². The molecule has 0 amide bonds. The molecule has 0 bridgehead atoms. The minimum Gasteiger partial charge on any atom is -0.481 e. The molecule has 6 nitrogen and oxygen atoms in total. The summed E-state index contributed by atoms with van der Waals surface area (Å²) in [5, 5.41) is 9.12. The number of hydrogen-bond donors (Lipinski definition) is 1. The van der Waals surface area contributed by atoms with Crippen molar-refractivity contribution in [2.45, 2.75) is 71.1 Å². The van der Waals surface area contributed by atoms with Gasteiger partial charge >= 0.3 is 17.9 Å². The highest BCUT2D eigenvalue weighted by atomic mass is 16.5. The van der Waals surface area contributed by atoms with E-state index < -0.39 is 5.97 Å². The van der Waals surface area contributed by atoms with Gasteiger partial charge in [0.25, 0.3) is 0 Å². The highest BCUT2D eigenvalue weighted by molar-refractivity contribution is 5.86. The van der Waals surface area contributed by atoms with E-state index in [1.807, 2.05) is 0 Å². The smallest absolute Gasteiger partial charge is 0.333 e. The van der Waals surface area contributed by atoms with Crippen LogP contribution in [-0.4, -0.2) is 36.2 Å². The highest BCUT2D eigenvalue weighted by Gasteiger charge is 2.34. The molecule has 0 saturated heterocycles. The van der Waals surface area contributed by atoms with Crippen LogP contribution in [0.25, 0.3) is 0 Å². The third-order valence-corrected chi connectivity index (χ3v) is 6.26. The van der Waals surface area contributed by atoms with E-state index in [0.29, 0.717) is 43.5 Å². The molecule has 2 aliphatic carbocycles. The monoisotopic (exact) mass is 394 g/mol. The number of carboxylic acids is 1. The summed E-state index contributed by atoms with van der Waals surface area (Å²) in [5.74, 6) is -0.0629. The molecular formula is C22H34O6. The summed E-state index contributed by atoms with van der Waals surface area (Å²) in [6, 6.07) is 0. The van der Waals surface area contributed by atoms with Gasteiger partial charge in [-0.1, -0.05) is 6.58 Å². The van der Waals surface area contributed by atoms with Crippen LogP contribution in [0.5, 0.6) is 0 Å². The predicted molar refractivity (Wildman–Crippen MR) is 104 cm³/mol. The van der Waals surface area contributed by atoms with Gasteiger partial charge in [-0.2, -0.15) is 0 Å². The van der Waals surface area contributed by atoms with Gasteiger partial charge in [-0.05, 0) is 83.0 Å². The molecule has 0 aliphatic heterocycles. The number of carboxylic acid groups (broad SMARTS) is 1. The molecule has 0 aromatic carbocycles. The summed E-state index contributed by atoms with van der Waals surface area (Å²) < 4.78 is 10.4. The zero-order valence-electron chi connectivity index (χ0n) is 17.0. The van der Waals surface area contributed by atoms with E-state index in [1.54, 1.807) is 6.92 Å². The first-order valence-corrected chi connectivity index (χ1v) is 10.6. The number of hydrogen-bond acceptors (Lipinski definition) is 5. The molecule has 0 aromatic heterocycles. The Morgan fingerprint density at radius 1 is 0.821 bits per heavy atom. The Kier molecular flexibility index (Phi) is 9.00. The minimum atomic E-state index is -0.654. The van der Waals surface area contributed by atoms with Gasteiger partial charge < -0.3 is 14.6 Å². The number of carbonyl (C=O) groups is 3. The zero-order chi connectivity index (χ0) is 20.5. The van der Waals surface area contributed by atoms with Crippen molar-refractivity contribution in [3.8, 4) is 0 Å². The zero-order valence-corrected chi connectivity index (χ0v) is 17.0. The number of aliphatic carboxylic acids is 1. The van der Waals surface area contributed by atoms with Crippen molar-refractivity contribution in [3.05, 3.63) is 12.2 Å². The maximum atomic E-state index is 12.2. The molecular weight excluding hydrogens is 360 g/mol. The molecule has 2 aliphatic rings. The van der Waals surface area contributed by atoms with Crippen molar-refractivity contribution >= 4 is 17.9 Å². The molecule has 0 unspecified atom stereocenters. The van der Waals surface area contributed by atoms with Gasteiger partial charge in [0.2, 0.25) is 0 Å². The summed E-state index contributed by atoms with van der Waals surface area (Å²) in [5.41, 5.74) is 0.386. The molecule has 2 saturated carbocycles. The van der Waals surface area contributed by atoms with Crippen LogP contribution in [0.1, 0.15) is 71.1 Å². The van der Waals surface area contributed by atoms with Gasteiger partial charge in [-0.3, -0.25) is 9.59 Å². The number of rotatable bonds is 9. The summed E-state index contributed by atoms with van der Waals surface area (Å²) in [6.45, 7) is 5.82. The minimum absolute atomic E-state index is 0.00662. The maximum absolute atomic E-state index is 12.2. The normalized spacial score (nSPS) is 27.6. The van der Waals surface area contributed by atoms with E-state index in [9.17, 15) is 14.4 Å². The number of carbonyl (C=O) groups excluding carboxylic acids is 2. The van der Waals surface area contributed by atoms with Crippen molar-refractivity contribution < 1.29 is 29.0 Å². The molecule has 2 rings (SSSR count). The van der Waals surface area contributed by atoms with Crippen LogP contribution in [0.15, 0.2) is 12.2 Å². The summed E-state index contributed by atoms with van der Waals surface area (Å²) in [6.07, 6.45) is 8.78. The first kappa shape index (κ1) is 22.4. The second-order valence-electron chi connectivity index (χ2n) is 8.35. The van der Waals surface area contributed by atoms with Crippen LogP contribution in [0, 0.1) is 23.7 Å². The van der Waals surface area contributed by atoms with E-state index in [1.165, 1.54) is 0 Å². The molecule has 6 heteroatoms. The van der Waals surface area contributed by atoms with E-state index in [4.69, 9.17) is 14.6 Å². The molecule has 28 heavy (non-hydrogen) atoms. The second-order valence-corrected chi connectivity index (χ2v) is 8.35. The summed E-state index contributed by atoms with van der Waals surface area (Å²) in [7, 11) is 0. The Morgan fingerprint density at radius 2 is 1.29 bits per heavy atom. The molecule has 158 valence electrons. The average Bonchev–Trinajstić information content (AvgIpc) is 2.70. The number of unbranched alkanes of at least 4 members (excludes halogenated alkanes) is 1. The van der Waals surface area contributed by atoms with Gasteiger partial charge in [0, 0.05) is 5.57 Å². The second kappa shape index (κ2) is 11.2. The highest BCUT2D eigenvalue weighted by Crippen LogP contribution is 2.41. The molecule has 0 aromatic rings. The first-order chi connectivity index (χ1) is 13.4. The average molecular weight is 395 g/mol. The molecule has 0 spiro atoms. The number of esters is 2. The number of ether oxygens (including phenoxy) is 2. The summed E-state index contributed by atoms with van der Waals surface area (Å²) in [4.78, 5) is 34.6. The fourth-order valence-corrected chi connectivity index (χ4v) is 4.45. The Hall–Kier alpha value is -1.85. The Bertz CT molecular complexity index is 553. The quantitative estimate of drug-likeness (QED) is 0.359.